The van der Waals surface area contributed by atoms with Crippen molar-refractivity contribution >= 4 is 35.1 Å². The average molecular weight is 685 g/mol. The lowest BCUT2D eigenvalue weighted by Crippen LogP contribution is -2.50. The average Bonchev–Trinajstić information content (AvgIpc) is 3.07. The Labute approximate surface area is 277 Å². The van der Waals surface area contributed by atoms with Crippen LogP contribution in [0.25, 0.3) is 0 Å². The SMILES string of the molecule is CNc1nc(Nc2ccc(C(=O)N3CCN(C(=O)CCOCCOCCOCCOCCC(C)=O)CC3)cc2OC)ncc1C(F)(F)F. The van der Waals surface area contributed by atoms with Gasteiger partial charge in [-0.05, 0) is 25.1 Å². The number of piperazine rings is 1. The summed E-state index contributed by atoms with van der Waals surface area (Å²) in [5.74, 6) is -0.431. The van der Waals surface area contributed by atoms with E-state index in [1.165, 1.54) is 27.1 Å². The van der Waals surface area contributed by atoms with E-state index in [9.17, 15) is 27.6 Å². The van der Waals surface area contributed by atoms with Crippen LogP contribution in [0.5, 0.6) is 5.75 Å². The van der Waals surface area contributed by atoms with Crippen molar-refractivity contribution in [3.63, 3.8) is 0 Å². The first kappa shape index (κ1) is 38.4. The summed E-state index contributed by atoms with van der Waals surface area (Å²) in [6, 6.07) is 4.65. The van der Waals surface area contributed by atoms with Crippen molar-refractivity contribution < 1.29 is 51.2 Å². The number of hydrogen-bond acceptors (Lipinski definition) is 12. The summed E-state index contributed by atoms with van der Waals surface area (Å²) in [6.07, 6.45) is -3.32. The van der Waals surface area contributed by atoms with Crippen LogP contribution in [0.2, 0.25) is 0 Å². The third-order valence-electron chi connectivity index (χ3n) is 7.12. The minimum atomic E-state index is -4.62. The number of hydrogen-bond donors (Lipinski definition) is 2. The molecule has 2 amide bonds. The summed E-state index contributed by atoms with van der Waals surface area (Å²) in [5, 5.41) is 5.25. The number of carbonyl (C=O) groups excluding carboxylic acids is 3. The Kier molecular flexibility index (Phi) is 15.7. The third kappa shape index (κ3) is 12.5. The highest BCUT2D eigenvalue weighted by Crippen LogP contribution is 2.34. The van der Waals surface area contributed by atoms with Crippen molar-refractivity contribution in [1.29, 1.82) is 0 Å². The smallest absolute Gasteiger partial charge is 0.421 e. The molecule has 2 N–H and O–H groups in total. The molecule has 2 heterocycles. The molecule has 3 rings (SSSR count). The summed E-state index contributed by atoms with van der Waals surface area (Å²) in [4.78, 5) is 47.7. The molecule has 0 unspecified atom stereocenters. The normalized spacial score (nSPS) is 13.4. The van der Waals surface area contributed by atoms with Crippen molar-refractivity contribution in [2.45, 2.75) is 25.9 Å². The number of nitrogens with one attached hydrogen (secondary N) is 2. The molecule has 0 saturated carbocycles. The molecule has 17 heteroatoms. The molecule has 1 aromatic heterocycles. The molecular formula is C31H43F3N6O8. The number of aromatic nitrogens is 2. The predicted molar refractivity (Wildman–Crippen MR) is 169 cm³/mol. The van der Waals surface area contributed by atoms with Gasteiger partial charge >= 0.3 is 6.18 Å². The fourth-order valence-corrected chi connectivity index (χ4v) is 4.52. The molecule has 0 aliphatic carbocycles. The van der Waals surface area contributed by atoms with E-state index in [1.54, 1.807) is 21.9 Å². The quantitative estimate of drug-likeness (QED) is 0.197. The number of methoxy groups -OCH3 is 1. The summed E-state index contributed by atoms with van der Waals surface area (Å²) in [7, 11) is 2.73. The molecule has 0 bridgehead atoms. The van der Waals surface area contributed by atoms with Crippen molar-refractivity contribution in [3.8, 4) is 5.75 Å². The highest BCUT2D eigenvalue weighted by atomic mass is 19.4. The van der Waals surface area contributed by atoms with Gasteiger partial charge in [-0.25, -0.2) is 4.98 Å². The monoisotopic (exact) mass is 684 g/mol. The number of carbonyl (C=O) groups is 3. The Morgan fingerprint density at radius 2 is 1.42 bits per heavy atom. The maximum Gasteiger partial charge on any atom is 0.421 e. The van der Waals surface area contributed by atoms with Crippen LogP contribution in [0.15, 0.2) is 24.4 Å². The fraction of sp³-hybridized carbons (Fsp3) is 0.581. The van der Waals surface area contributed by atoms with Gasteiger partial charge in [-0.15, -0.1) is 0 Å². The lowest BCUT2D eigenvalue weighted by atomic mass is 10.1. The van der Waals surface area contributed by atoms with E-state index in [2.05, 4.69) is 20.6 Å². The first-order chi connectivity index (χ1) is 23.0. The summed E-state index contributed by atoms with van der Waals surface area (Å²) in [6.45, 7) is 6.00. The lowest BCUT2D eigenvalue weighted by Gasteiger charge is -2.35. The molecule has 14 nitrogen and oxygen atoms in total. The Balaban J connectivity index is 1.34. The van der Waals surface area contributed by atoms with E-state index in [0.29, 0.717) is 96.3 Å². The largest absolute Gasteiger partial charge is 0.495 e. The molecular weight excluding hydrogens is 641 g/mol. The highest BCUT2D eigenvalue weighted by molar-refractivity contribution is 5.95. The zero-order valence-corrected chi connectivity index (χ0v) is 27.4. The summed E-state index contributed by atoms with van der Waals surface area (Å²) in [5.41, 5.74) is -0.298. The molecule has 1 aliphatic rings. The van der Waals surface area contributed by atoms with Crippen LogP contribution < -0.4 is 15.4 Å². The zero-order chi connectivity index (χ0) is 34.9. The Hall–Kier alpha value is -4.06. The fourth-order valence-electron chi connectivity index (χ4n) is 4.52. The molecule has 1 fully saturated rings. The zero-order valence-electron chi connectivity index (χ0n) is 27.4. The minimum absolute atomic E-state index is 0.0639. The Morgan fingerprint density at radius 3 is 1.96 bits per heavy atom. The molecule has 1 saturated heterocycles. The van der Waals surface area contributed by atoms with E-state index in [-0.39, 0.29) is 48.1 Å². The van der Waals surface area contributed by atoms with Crippen LogP contribution >= 0.6 is 0 Å². The van der Waals surface area contributed by atoms with Crippen LogP contribution in [0.3, 0.4) is 0 Å². The number of anilines is 3. The van der Waals surface area contributed by atoms with Gasteiger partial charge in [-0.2, -0.15) is 18.2 Å². The van der Waals surface area contributed by atoms with Gasteiger partial charge in [0.1, 0.15) is 22.9 Å². The molecule has 0 spiro atoms. The van der Waals surface area contributed by atoms with Crippen LogP contribution in [0, 0.1) is 0 Å². The molecule has 48 heavy (non-hydrogen) atoms. The predicted octanol–water partition coefficient (Wildman–Crippen LogP) is 3.01. The van der Waals surface area contributed by atoms with Gasteiger partial charge in [0.05, 0.1) is 72.1 Å². The third-order valence-corrected chi connectivity index (χ3v) is 7.12. The lowest BCUT2D eigenvalue weighted by molar-refractivity contribution is -0.137. The van der Waals surface area contributed by atoms with Gasteiger partial charge in [0, 0.05) is 51.4 Å². The van der Waals surface area contributed by atoms with Gasteiger partial charge in [0.15, 0.2) is 0 Å². The second-order valence-electron chi connectivity index (χ2n) is 10.6. The van der Waals surface area contributed by atoms with E-state index >= 15 is 0 Å². The van der Waals surface area contributed by atoms with Crippen molar-refractivity contribution in [3.05, 3.63) is 35.5 Å². The van der Waals surface area contributed by atoms with E-state index in [1.807, 2.05) is 0 Å². The molecule has 2 aromatic rings. The van der Waals surface area contributed by atoms with Crippen molar-refractivity contribution in [1.82, 2.24) is 19.8 Å². The topological polar surface area (TPSA) is 154 Å². The minimum Gasteiger partial charge on any atom is -0.495 e. The van der Waals surface area contributed by atoms with Crippen LogP contribution in [0.4, 0.5) is 30.6 Å². The van der Waals surface area contributed by atoms with Gasteiger partial charge in [-0.3, -0.25) is 14.4 Å². The Morgan fingerprint density at radius 1 is 0.854 bits per heavy atom. The second-order valence-corrected chi connectivity index (χ2v) is 10.6. The first-order valence-corrected chi connectivity index (χ1v) is 15.5. The van der Waals surface area contributed by atoms with Crippen molar-refractivity contribution in [2.24, 2.45) is 0 Å². The van der Waals surface area contributed by atoms with Gasteiger partial charge in [0.2, 0.25) is 11.9 Å². The van der Waals surface area contributed by atoms with Crippen molar-refractivity contribution in [2.75, 3.05) is 104 Å². The number of halogens is 3. The number of benzene rings is 1. The molecule has 1 aromatic carbocycles. The molecule has 1 aliphatic heterocycles. The number of rotatable bonds is 20. The van der Waals surface area contributed by atoms with Gasteiger partial charge < -0.3 is 44.1 Å². The number of amides is 2. The van der Waals surface area contributed by atoms with E-state index in [0.717, 1.165) is 0 Å². The van der Waals surface area contributed by atoms with Gasteiger partial charge in [-0.1, -0.05) is 0 Å². The summed E-state index contributed by atoms with van der Waals surface area (Å²) >= 11 is 0. The maximum atomic E-state index is 13.2. The number of nitrogens with zero attached hydrogens (tertiary/aromatic N) is 4. The second kappa shape index (κ2) is 19.7. The number of Topliss-reactive ketones (excluding diaryl/α,β-unsaturated/α-hetero) is 1. The number of alkyl halides is 3. The van der Waals surface area contributed by atoms with Gasteiger partial charge in [0.25, 0.3) is 5.91 Å². The van der Waals surface area contributed by atoms with Crippen LogP contribution in [0.1, 0.15) is 35.7 Å². The molecule has 266 valence electrons. The first-order valence-electron chi connectivity index (χ1n) is 15.5. The van der Waals surface area contributed by atoms with E-state index < -0.39 is 11.7 Å². The number of ether oxygens (including phenoxy) is 5. The standard InChI is InChI=1S/C31H43F3N6O8/c1-22(41)6-12-45-14-16-47-18-19-48-17-15-46-13-7-27(42)39-8-10-40(11-9-39)29(43)23-4-5-25(26(20-23)44-3)37-30-36-21-24(31(32,33)34)28(35-2)38-30/h4-5,20-21H,6-19H2,1-3H3,(H2,35,36,37,38). The van der Waals surface area contributed by atoms with Crippen LogP contribution in [-0.4, -0.2) is 131 Å². The maximum absolute atomic E-state index is 13.2. The number of ketones is 1. The summed E-state index contributed by atoms with van der Waals surface area (Å²) < 4.78 is 66.5. The Bertz CT molecular complexity index is 1340. The molecule has 0 atom stereocenters. The highest BCUT2D eigenvalue weighted by Gasteiger charge is 2.35. The van der Waals surface area contributed by atoms with E-state index in [4.69, 9.17) is 23.7 Å². The molecule has 0 radical (unpaired) electrons. The van der Waals surface area contributed by atoms with Crippen LogP contribution in [-0.2, 0) is 34.7 Å².